The van der Waals surface area contributed by atoms with Crippen LogP contribution in [0, 0.1) is 5.82 Å². The fourth-order valence-corrected chi connectivity index (χ4v) is 2.40. The summed E-state index contributed by atoms with van der Waals surface area (Å²) in [5, 5.41) is 9.73. The van der Waals surface area contributed by atoms with Gasteiger partial charge in [0.15, 0.2) is 0 Å². The molecule has 7 heteroatoms. The Morgan fingerprint density at radius 3 is 2.65 bits per heavy atom. The number of amides is 1. The summed E-state index contributed by atoms with van der Waals surface area (Å²) in [5.41, 5.74) is 2.01. The van der Waals surface area contributed by atoms with E-state index in [1.54, 1.807) is 24.3 Å². The first kappa shape index (κ1) is 15.5. The Hall–Kier alpha value is -2.37. The zero-order chi connectivity index (χ0) is 16.4. The molecule has 0 saturated heterocycles. The summed E-state index contributed by atoms with van der Waals surface area (Å²) in [6, 6.07) is 9.17. The van der Waals surface area contributed by atoms with Crippen molar-refractivity contribution in [2.75, 3.05) is 5.32 Å². The maximum absolute atomic E-state index is 13.6. The Balaban J connectivity index is 2.01. The number of rotatable bonds is 3. The molecule has 2 N–H and O–H groups in total. The lowest BCUT2D eigenvalue weighted by molar-refractivity contribution is 0.102. The van der Waals surface area contributed by atoms with Crippen molar-refractivity contribution in [3.05, 3.63) is 70.2 Å². The van der Waals surface area contributed by atoms with Crippen molar-refractivity contribution in [3.8, 4) is 11.1 Å². The van der Waals surface area contributed by atoms with E-state index in [-0.39, 0.29) is 0 Å². The largest absolute Gasteiger partial charge is 0.321 e. The first-order valence-electron chi connectivity index (χ1n) is 6.59. The van der Waals surface area contributed by atoms with Crippen LogP contribution in [-0.4, -0.2) is 16.1 Å². The number of nitrogens with zero attached hydrogens (tertiary/aromatic N) is 1. The predicted molar refractivity (Wildman–Crippen MR) is 88.4 cm³/mol. The van der Waals surface area contributed by atoms with E-state index in [9.17, 15) is 9.18 Å². The SMILES string of the molecule is O=C(Nc1cc(F)ccc1-c1ccc(Cl)c(Cl)c1)c1cn[nH]c1. The van der Waals surface area contributed by atoms with E-state index in [4.69, 9.17) is 23.2 Å². The summed E-state index contributed by atoms with van der Waals surface area (Å²) in [6.07, 6.45) is 2.83. The maximum Gasteiger partial charge on any atom is 0.258 e. The van der Waals surface area contributed by atoms with Crippen LogP contribution in [0.5, 0.6) is 0 Å². The molecule has 0 aliphatic rings. The second kappa shape index (κ2) is 6.40. The standard InChI is InChI=1S/C16H10Cl2FN3O/c17-13-4-1-9(5-14(13)18)12-3-2-11(19)6-15(12)22-16(23)10-7-20-21-8-10/h1-8H,(H,20,21)(H,22,23). The Morgan fingerprint density at radius 2 is 1.96 bits per heavy atom. The van der Waals surface area contributed by atoms with E-state index in [0.717, 1.165) is 0 Å². The van der Waals surface area contributed by atoms with Gasteiger partial charge in [0.2, 0.25) is 0 Å². The van der Waals surface area contributed by atoms with Gasteiger partial charge in [-0.05, 0) is 35.9 Å². The maximum atomic E-state index is 13.6. The molecule has 0 aliphatic carbocycles. The molecule has 3 aromatic rings. The molecule has 0 radical (unpaired) electrons. The molecule has 23 heavy (non-hydrogen) atoms. The molecule has 0 saturated carbocycles. The molecule has 1 heterocycles. The summed E-state index contributed by atoms with van der Waals surface area (Å²) >= 11 is 11.9. The zero-order valence-electron chi connectivity index (χ0n) is 11.6. The molecule has 2 aromatic carbocycles. The van der Waals surface area contributed by atoms with E-state index in [0.29, 0.717) is 32.4 Å². The minimum absolute atomic E-state index is 0.328. The van der Waals surface area contributed by atoms with Crippen molar-refractivity contribution in [3.63, 3.8) is 0 Å². The van der Waals surface area contributed by atoms with E-state index in [1.165, 1.54) is 24.5 Å². The van der Waals surface area contributed by atoms with Gasteiger partial charge in [-0.2, -0.15) is 5.10 Å². The second-order valence-corrected chi connectivity index (χ2v) is 5.57. The van der Waals surface area contributed by atoms with Gasteiger partial charge in [-0.3, -0.25) is 9.89 Å². The van der Waals surface area contributed by atoms with Crippen molar-refractivity contribution in [2.45, 2.75) is 0 Å². The van der Waals surface area contributed by atoms with Crippen molar-refractivity contribution < 1.29 is 9.18 Å². The normalized spacial score (nSPS) is 10.6. The number of hydrogen-bond acceptors (Lipinski definition) is 2. The zero-order valence-corrected chi connectivity index (χ0v) is 13.1. The number of benzene rings is 2. The number of nitrogens with one attached hydrogen (secondary N) is 2. The van der Waals surface area contributed by atoms with Crippen LogP contribution in [-0.2, 0) is 0 Å². The Labute approximate surface area is 141 Å². The van der Waals surface area contributed by atoms with Crippen LogP contribution in [0.25, 0.3) is 11.1 Å². The van der Waals surface area contributed by atoms with E-state index >= 15 is 0 Å². The van der Waals surface area contributed by atoms with Crippen LogP contribution in [0.3, 0.4) is 0 Å². The minimum atomic E-state index is -0.462. The number of aromatic nitrogens is 2. The highest BCUT2D eigenvalue weighted by Crippen LogP contribution is 2.33. The predicted octanol–water partition coefficient (Wildman–Crippen LogP) is 4.77. The third-order valence-corrected chi connectivity index (χ3v) is 3.96. The third-order valence-electron chi connectivity index (χ3n) is 3.22. The van der Waals surface area contributed by atoms with Gasteiger partial charge >= 0.3 is 0 Å². The Bertz CT molecular complexity index is 866. The highest BCUT2D eigenvalue weighted by Gasteiger charge is 2.13. The average molecular weight is 350 g/mol. The molecule has 1 aromatic heterocycles. The lowest BCUT2D eigenvalue weighted by atomic mass is 10.0. The molecular formula is C16H10Cl2FN3O. The van der Waals surface area contributed by atoms with Crippen molar-refractivity contribution in [2.24, 2.45) is 0 Å². The summed E-state index contributed by atoms with van der Waals surface area (Å²) in [5.74, 6) is -0.859. The highest BCUT2D eigenvalue weighted by atomic mass is 35.5. The van der Waals surface area contributed by atoms with E-state index in [1.807, 2.05) is 0 Å². The van der Waals surface area contributed by atoms with Gasteiger partial charge in [0.1, 0.15) is 5.82 Å². The number of anilines is 1. The average Bonchev–Trinajstić information content (AvgIpc) is 3.05. The third kappa shape index (κ3) is 3.36. The minimum Gasteiger partial charge on any atom is -0.321 e. The molecule has 0 atom stereocenters. The first-order valence-corrected chi connectivity index (χ1v) is 7.35. The van der Waals surface area contributed by atoms with Crippen LogP contribution in [0.15, 0.2) is 48.8 Å². The van der Waals surface area contributed by atoms with Gasteiger partial charge in [0.25, 0.3) is 5.91 Å². The fraction of sp³-hybridized carbons (Fsp3) is 0. The Kier molecular flexibility index (Phi) is 4.32. The molecule has 0 aliphatic heterocycles. The number of halogens is 3. The lowest BCUT2D eigenvalue weighted by Gasteiger charge is -2.12. The number of hydrogen-bond donors (Lipinski definition) is 2. The van der Waals surface area contributed by atoms with Crippen LogP contribution in [0.1, 0.15) is 10.4 Å². The number of aromatic amines is 1. The summed E-state index contributed by atoms with van der Waals surface area (Å²) in [7, 11) is 0. The Morgan fingerprint density at radius 1 is 1.13 bits per heavy atom. The summed E-state index contributed by atoms with van der Waals surface area (Å²) in [4.78, 5) is 12.2. The lowest BCUT2D eigenvalue weighted by Crippen LogP contribution is -2.12. The van der Waals surface area contributed by atoms with Gasteiger partial charge in [-0.25, -0.2) is 4.39 Å². The summed E-state index contributed by atoms with van der Waals surface area (Å²) in [6.45, 7) is 0. The molecule has 0 spiro atoms. The molecular weight excluding hydrogens is 340 g/mol. The van der Waals surface area contributed by atoms with Crippen LogP contribution in [0.4, 0.5) is 10.1 Å². The molecule has 0 fully saturated rings. The second-order valence-electron chi connectivity index (χ2n) is 4.76. The van der Waals surface area contributed by atoms with Crippen molar-refractivity contribution in [1.82, 2.24) is 10.2 Å². The highest BCUT2D eigenvalue weighted by molar-refractivity contribution is 6.42. The van der Waals surface area contributed by atoms with Crippen molar-refractivity contribution in [1.29, 1.82) is 0 Å². The number of carbonyl (C=O) groups is 1. The van der Waals surface area contributed by atoms with E-state index in [2.05, 4.69) is 15.5 Å². The quantitative estimate of drug-likeness (QED) is 0.715. The van der Waals surface area contributed by atoms with Gasteiger partial charge in [-0.1, -0.05) is 29.3 Å². The van der Waals surface area contributed by atoms with Crippen LogP contribution < -0.4 is 5.32 Å². The van der Waals surface area contributed by atoms with Gasteiger partial charge in [0, 0.05) is 11.8 Å². The van der Waals surface area contributed by atoms with Crippen LogP contribution in [0.2, 0.25) is 10.0 Å². The first-order chi connectivity index (χ1) is 11.0. The van der Waals surface area contributed by atoms with Gasteiger partial charge in [0.05, 0.1) is 27.5 Å². The molecule has 116 valence electrons. The topological polar surface area (TPSA) is 57.8 Å². The van der Waals surface area contributed by atoms with Crippen molar-refractivity contribution >= 4 is 34.8 Å². The summed E-state index contributed by atoms with van der Waals surface area (Å²) < 4.78 is 13.6. The smallest absolute Gasteiger partial charge is 0.258 e. The molecule has 1 amide bonds. The monoisotopic (exact) mass is 349 g/mol. The fourth-order valence-electron chi connectivity index (χ4n) is 2.10. The molecule has 0 unspecified atom stereocenters. The van der Waals surface area contributed by atoms with Crippen LogP contribution >= 0.6 is 23.2 Å². The van der Waals surface area contributed by atoms with Gasteiger partial charge in [-0.15, -0.1) is 0 Å². The van der Waals surface area contributed by atoms with E-state index < -0.39 is 11.7 Å². The molecule has 3 rings (SSSR count). The number of H-pyrrole nitrogens is 1. The molecule has 0 bridgehead atoms. The number of carbonyl (C=O) groups excluding carboxylic acids is 1. The van der Waals surface area contributed by atoms with Gasteiger partial charge < -0.3 is 5.32 Å². The molecule has 4 nitrogen and oxygen atoms in total.